The molecule has 1 aliphatic heterocycles. The summed E-state index contributed by atoms with van der Waals surface area (Å²) in [6.07, 6.45) is 1.57. The van der Waals surface area contributed by atoms with E-state index in [1.54, 1.807) is 24.3 Å². The van der Waals surface area contributed by atoms with E-state index in [0.717, 1.165) is 40.0 Å². The lowest BCUT2D eigenvalue weighted by molar-refractivity contribution is -0.144. The SMILES string of the molecule is CCCOc1ccc(C[C@H](N)C(=O)N2Cc3ccccc3C[C@H]2C(=O)N[C@@H](Cc2ccccc2)C(=O)N[C@@H](Cc2ccccc2)C(=O)O)cc1. The van der Waals surface area contributed by atoms with Crippen LogP contribution in [0.4, 0.5) is 0 Å². The second kappa shape index (κ2) is 17.3. The summed E-state index contributed by atoms with van der Waals surface area (Å²) in [6.45, 7) is 2.82. The molecule has 0 aliphatic carbocycles. The molecule has 0 bridgehead atoms. The second-order valence-electron chi connectivity index (χ2n) is 12.6. The molecule has 0 fully saturated rings. The first kappa shape index (κ1) is 35.8. The first-order chi connectivity index (χ1) is 24.2. The topological polar surface area (TPSA) is 151 Å². The Balaban J connectivity index is 1.36. The third-order valence-corrected chi connectivity index (χ3v) is 8.82. The Morgan fingerprint density at radius 3 is 1.92 bits per heavy atom. The lowest BCUT2D eigenvalue weighted by atomic mass is 9.92. The summed E-state index contributed by atoms with van der Waals surface area (Å²) >= 11 is 0. The lowest BCUT2D eigenvalue weighted by Crippen LogP contribution is -2.60. The van der Waals surface area contributed by atoms with Crippen molar-refractivity contribution in [3.8, 4) is 5.75 Å². The van der Waals surface area contributed by atoms with Crippen molar-refractivity contribution >= 4 is 23.7 Å². The molecule has 1 heterocycles. The van der Waals surface area contributed by atoms with Crippen molar-refractivity contribution < 1.29 is 29.0 Å². The van der Waals surface area contributed by atoms with Gasteiger partial charge in [0.15, 0.2) is 0 Å². The first-order valence-corrected chi connectivity index (χ1v) is 17.0. The van der Waals surface area contributed by atoms with Crippen LogP contribution in [0.25, 0.3) is 0 Å². The number of aliphatic carboxylic acids is 1. The van der Waals surface area contributed by atoms with Crippen LogP contribution in [0.1, 0.15) is 41.2 Å². The van der Waals surface area contributed by atoms with Crippen LogP contribution >= 0.6 is 0 Å². The summed E-state index contributed by atoms with van der Waals surface area (Å²) < 4.78 is 5.67. The number of nitrogens with zero attached hydrogens (tertiary/aromatic N) is 1. The molecular weight excluding hydrogens is 632 g/mol. The van der Waals surface area contributed by atoms with Crippen molar-refractivity contribution in [2.75, 3.05) is 6.61 Å². The molecule has 10 heteroatoms. The number of benzene rings is 4. The molecule has 4 aromatic carbocycles. The highest BCUT2D eigenvalue weighted by Gasteiger charge is 2.38. The van der Waals surface area contributed by atoms with Crippen molar-refractivity contribution in [2.45, 2.75) is 69.7 Å². The van der Waals surface area contributed by atoms with E-state index in [1.807, 2.05) is 91.9 Å². The molecule has 50 heavy (non-hydrogen) atoms. The quantitative estimate of drug-likeness (QED) is 0.149. The standard InChI is InChI=1S/C40H44N4O6/c1-2-21-50-32-19-17-29(18-20-32)22-33(41)39(47)44-26-31-16-10-9-15-30(31)25-36(44)38(46)42-34(23-27-11-5-3-6-12-27)37(45)43-35(40(48)49)24-28-13-7-4-8-14-28/h3-20,33-36H,2,21-26,41H2,1H3,(H,42,46)(H,43,45)(H,48,49)/t33-,34-,35-,36-/m0/s1. The molecular formula is C40H44N4O6. The van der Waals surface area contributed by atoms with E-state index < -0.39 is 42.0 Å². The normalized spacial score (nSPS) is 15.6. The maximum atomic E-state index is 14.2. The van der Waals surface area contributed by atoms with Crippen LogP contribution in [0.5, 0.6) is 5.75 Å². The number of rotatable bonds is 15. The van der Waals surface area contributed by atoms with Gasteiger partial charge in [0.2, 0.25) is 17.7 Å². The fourth-order valence-corrected chi connectivity index (χ4v) is 6.13. The van der Waals surface area contributed by atoms with E-state index in [0.29, 0.717) is 6.61 Å². The zero-order chi connectivity index (χ0) is 35.5. The van der Waals surface area contributed by atoms with Gasteiger partial charge in [0.1, 0.15) is 23.9 Å². The van der Waals surface area contributed by atoms with Crippen LogP contribution in [0.3, 0.4) is 0 Å². The lowest BCUT2D eigenvalue weighted by Gasteiger charge is -2.38. The number of carbonyl (C=O) groups is 4. The zero-order valence-electron chi connectivity index (χ0n) is 28.2. The first-order valence-electron chi connectivity index (χ1n) is 17.0. The van der Waals surface area contributed by atoms with Gasteiger partial charge in [0.05, 0.1) is 12.6 Å². The molecule has 1 aliphatic rings. The number of nitrogens with one attached hydrogen (secondary N) is 2. The maximum absolute atomic E-state index is 14.2. The van der Waals surface area contributed by atoms with Gasteiger partial charge in [-0.1, -0.05) is 104 Å². The molecule has 0 saturated carbocycles. The summed E-state index contributed by atoms with van der Waals surface area (Å²) in [5.74, 6) is -2.00. The number of hydrogen-bond acceptors (Lipinski definition) is 6. The number of ether oxygens (including phenoxy) is 1. The molecule has 5 N–H and O–H groups in total. The monoisotopic (exact) mass is 676 g/mol. The van der Waals surface area contributed by atoms with Crippen LogP contribution in [0.2, 0.25) is 0 Å². The molecule has 0 unspecified atom stereocenters. The second-order valence-corrected chi connectivity index (χ2v) is 12.6. The Morgan fingerprint density at radius 2 is 1.32 bits per heavy atom. The largest absolute Gasteiger partial charge is 0.494 e. The van der Waals surface area contributed by atoms with Gasteiger partial charge < -0.3 is 31.1 Å². The Kier molecular flexibility index (Phi) is 12.4. The molecule has 3 amide bonds. The van der Waals surface area contributed by atoms with Gasteiger partial charge in [-0.25, -0.2) is 4.79 Å². The van der Waals surface area contributed by atoms with Gasteiger partial charge in [0, 0.05) is 25.8 Å². The minimum Gasteiger partial charge on any atom is -0.494 e. The molecule has 4 aromatic rings. The fraction of sp³-hybridized carbons (Fsp3) is 0.300. The summed E-state index contributed by atoms with van der Waals surface area (Å²) in [5, 5.41) is 15.5. The Bertz CT molecular complexity index is 1750. The van der Waals surface area contributed by atoms with E-state index in [4.69, 9.17) is 10.5 Å². The number of nitrogens with two attached hydrogens (primary N) is 1. The summed E-state index contributed by atoms with van der Waals surface area (Å²) in [6, 6.07) is 29.1. The number of carboxylic acids is 1. The zero-order valence-corrected chi connectivity index (χ0v) is 28.2. The molecule has 4 atom stereocenters. The van der Waals surface area contributed by atoms with Gasteiger partial charge >= 0.3 is 5.97 Å². The summed E-state index contributed by atoms with van der Waals surface area (Å²) in [4.78, 5) is 55.7. The van der Waals surface area contributed by atoms with Crippen molar-refractivity contribution in [1.82, 2.24) is 15.5 Å². The molecule has 5 rings (SSSR count). The average molecular weight is 677 g/mol. The van der Waals surface area contributed by atoms with Crippen LogP contribution in [-0.2, 0) is 51.4 Å². The third-order valence-electron chi connectivity index (χ3n) is 8.82. The molecule has 260 valence electrons. The molecule has 0 aromatic heterocycles. The molecule has 0 spiro atoms. The Morgan fingerprint density at radius 1 is 0.760 bits per heavy atom. The van der Waals surface area contributed by atoms with Gasteiger partial charge in [-0.3, -0.25) is 14.4 Å². The highest BCUT2D eigenvalue weighted by molar-refractivity contribution is 5.95. The fourth-order valence-electron chi connectivity index (χ4n) is 6.13. The average Bonchev–Trinajstić information content (AvgIpc) is 3.13. The number of amides is 3. The van der Waals surface area contributed by atoms with E-state index >= 15 is 0 Å². The summed E-state index contributed by atoms with van der Waals surface area (Å²) in [7, 11) is 0. The van der Waals surface area contributed by atoms with Crippen LogP contribution < -0.4 is 21.1 Å². The number of fused-ring (bicyclic) bond motifs is 1. The smallest absolute Gasteiger partial charge is 0.326 e. The maximum Gasteiger partial charge on any atom is 0.326 e. The predicted molar refractivity (Wildman–Crippen MR) is 190 cm³/mol. The van der Waals surface area contributed by atoms with Gasteiger partial charge in [-0.05, 0) is 52.8 Å². The van der Waals surface area contributed by atoms with Crippen molar-refractivity contribution in [3.05, 3.63) is 137 Å². The van der Waals surface area contributed by atoms with Crippen molar-refractivity contribution in [1.29, 1.82) is 0 Å². The summed E-state index contributed by atoms with van der Waals surface area (Å²) in [5.41, 5.74) is 10.7. The molecule has 0 radical (unpaired) electrons. The van der Waals surface area contributed by atoms with Gasteiger partial charge in [-0.15, -0.1) is 0 Å². The number of carbonyl (C=O) groups excluding carboxylic acids is 3. The van der Waals surface area contributed by atoms with Gasteiger partial charge in [-0.2, -0.15) is 0 Å². The van der Waals surface area contributed by atoms with E-state index in [9.17, 15) is 24.3 Å². The minimum absolute atomic E-state index is 0.0714. The van der Waals surface area contributed by atoms with E-state index in [-0.39, 0.29) is 38.1 Å². The van der Waals surface area contributed by atoms with Gasteiger partial charge in [0.25, 0.3) is 0 Å². The van der Waals surface area contributed by atoms with Crippen molar-refractivity contribution in [2.24, 2.45) is 5.73 Å². The minimum atomic E-state index is -1.22. The number of carboxylic acid groups (broad SMARTS) is 1. The molecule has 0 saturated heterocycles. The van der Waals surface area contributed by atoms with Crippen LogP contribution in [0.15, 0.2) is 109 Å². The molecule has 10 nitrogen and oxygen atoms in total. The van der Waals surface area contributed by atoms with Crippen LogP contribution in [0, 0.1) is 0 Å². The third kappa shape index (κ3) is 9.57. The van der Waals surface area contributed by atoms with Crippen LogP contribution in [-0.4, -0.2) is 64.5 Å². The van der Waals surface area contributed by atoms with Crippen molar-refractivity contribution in [3.63, 3.8) is 0 Å². The predicted octanol–water partition coefficient (Wildman–Crippen LogP) is 3.84. The highest BCUT2D eigenvalue weighted by atomic mass is 16.5. The van der Waals surface area contributed by atoms with E-state index in [1.165, 1.54) is 4.90 Å². The Labute approximate surface area is 292 Å². The number of hydrogen-bond donors (Lipinski definition) is 4. The Hall–Kier alpha value is -5.48. The van der Waals surface area contributed by atoms with E-state index in [2.05, 4.69) is 10.6 Å². The highest BCUT2D eigenvalue weighted by Crippen LogP contribution is 2.25.